The van der Waals surface area contributed by atoms with Crippen LogP contribution >= 0.6 is 0 Å². The molecule has 0 saturated heterocycles. The highest BCUT2D eigenvalue weighted by molar-refractivity contribution is 5.31. The normalized spacial score (nSPS) is 9.92. The van der Waals surface area contributed by atoms with Crippen molar-refractivity contribution in [1.29, 1.82) is 0 Å². The van der Waals surface area contributed by atoms with E-state index in [2.05, 4.69) is 27.5 Å². The van der Waals surface area contributed by atoms with Gasteiger partial charge in [0.2, 0.25) is 0 Å². The quantitative estimate of drug-likeness (QED) is 0.638. The van der Waals surface area contributed by atoms with Gasteiger partial charge in [-0.2, -0.15) is 0 Å². The minimum atomic E-state index is 0.895. The van der Waals surface area contributed by atoms with E-state index in [0.717, 1.165) is 31.9 Å². The highest BCUT2D eigenvalue weighted by atomic mass is 15.0. The Morgan fingerprint density at radius 3 is 3.00 bits per heavy atom. The van der Waals surface area contributed by atoms with Gasteiger partial charge in [0.25, 0.3) is 0 Å². The fraction of sp³-hybridized carbons (Fsp3) is 0.556. The zero-order valence-electron chi connectivity index (χ0n) is 7.95. The van der Waals surface area contributed by atoms with E-state index in [4.69, 9.17) is 0 Å². The van der Waals surface area contributed by atoms with Gasteiger partial charge in [0, 0.05) is 12.7 Å². The second-order valence-electron chi connectivity index (χ2n) is 2.73. The standard InChI is InChI=1S/C9H16N4/c1-2-10-5-3-6-12-9-4-7-11-8-13-9/h4,7-8,10H,2-3,5-6H2,1H3,(H,11,12,13). The summed E-state index contributed by atoms with van der Waals surface area (Å²) in [6.07, 6.45) is 4.39. The minimum absolute atomic E-state index is 0.895. The van der Waals surface area contributed by atoms with Crippen molar-refractivity contribution in [2.24, 2.45) is 0 Å². The first kappa shape index (κ1) is 9.92. The van der Waals surface area contributed by atoms with Crippen LogP contribution in [0.3, 0.4) is 0 Å². The van der Waals surface area contributed by atoms with Gasteiger partial charge < -0.3 is 10.6 Å². The molecule has 2 N–H and O–H groups in total. The highest BCUT2D eigenvalue weighted by Crippen LogP contribution is 1.96. The lowest BCUT2D eigenvalue weighted by molar-refractivity contribution is 0.688. The Kier molecular flexibility index (Phi) is 4.86. The number of nitrogens with one attached hydrogen (secondary N) is 2. The van der Waals surface area contributed by atoms with Gasteiger partial charge >= 0.3 is 0 Å². The van der Waals surface area contributed by atoms with Gasteiger partial charge in [0.15, 0.2) is 0 Å². The van der Waals surface area contributed by atoms with E-state index in [0.29, 0.717) is 0 Å². The van der Waals surface area contributed by atoms with Crippen molar-refractivity contribution < 1.29 is 0 Å². The van der Waals surface area contributed by atoms with Gasteiger partial charge in [0.1, 0.15) is 12.1 Å². The van der Waals surface area contributed by atoms with Crippen molar-refractivity contribution in [2.75, 3.05) is 25.0 Å². The summed E-state index contributed by atoms with van der Waals surface area (Å²) in [5.41, 5.74) is 0. The molecule has 0 aliphatic rings. The molecule has 0 aromatic carbocycles. The Hall–Kier alpha value is -1.16. The smallest absolute Gasteiger partial charge is 0.129 e. The predicted molar refractivity (Wildman–Crippen MR) is 53.7 cm³/mol. The maximum atomic E-state index is 4.05. The van der Waals surface area contributed by atoms with Crippen LogP contribution in [-0.2, 0) is 0 Å². The third-order valence-electron chi connectivity index (χ3n) is 1.67. The number of hydrogen-bond donors (Lipinski definition) is 2. The molecule has 1 rings (SSSR count). The number of hydrogen-bond acceptors (Lipinski definition) is 4. The van der Waals surface area contributed by atoms with Crippen LogP contribution in [0.1, 0.15) is 13.3 Å². The lowest BCUT2D eigenvalue weighted by atomic mass is 10.4. The number of aromatic nitrogens is 2. The lowest BCUT2D eigenvalue weighted by Gasteiger charge is -2.04. The van der Waals surface area contributed by atoms with Crippen LogP contribution in [-0.4, -0.2) is 29.6 Å². The summed E-state index contributed by atoms with van der Waals surface area (Å²) >= 11 is 0. The van der Waals surface area contributed by atoms with E-state index < -0.39 is 0 Å². The fourth-order valence-corrected chi connectivity index (χ4v) is 1.00. The predicted octanol–water partition coefficient (Wildman–Crippen LogP) is 0.888. The highest BCUT2D eigenvalue weighted by Gasteiger charge is 1.90. The zero-order valence-corrected chi connectivity index (χ0v) is 7.95. The molecule has 0 bridgehead atoms. The maximum Gasteiger partial charge on any atom is 0.129 e. The van der Waals surface area contributed by atoms with E-state index in [9.17, 15) is 0 Å². The van der Waals surface area contributed by atoms with Crippen LogP contribution in [0.25, 0.3) is 0 Å². The molecule has 4 nitrogen and oxygen atoms in total. The van der Waals surface area contributed by atoms with Gasteiger partial charge in [-0.05, 0) is 25.6 Å². The first-order valence-electron chi connectivity index (χ1n) is 4.64. The second kappa shape index (κ2) is 6.37. The minimum Gasteiger partial charge on any atom is -0.370 e. The summed E-state index contributed by atoms with van der Waals surface area (Å²) in [6.45, 7) is 5.14. The molecule has 13 heavy (non-hydrogen) atoms. The van der Waals surface area contributed by atoms with Gasteiger partial charge in [-0.25, -0.2) is 9.97 Å². The molecule has 1 aromatic rings. The third-order valence-corrected chi connectivity index (χ3v) is 1.67. The summed E-state index contributed by atoms with van der Waals surface area (Å²) in [4.78, 5) is 7.89. The topological polar surface area (TPSA) is 49.8 Å². The van der Waals surface area contributed by atoms with Crippen molar-refractivity contribution >= 4 is 5.82 Å². The molecular formula is C9H16N4. The summed E-state index contributed by atoms with van der Waals surface area (Å²) in [5, 5.41) is 6.47. The molecule has 0 unspecified atom stereocenters. The number of nitrogens with zero attached hydrogens (tertiary/aromatic N) is 2. The molecule has 0 aliphatic heterocycles. The monoisotopic (exact) mass is 180 g/mol. The number of anilines is 1. The van der Waals surface area contributed by atoms with Gasteiger partial charge in [-0.1, -0.05) is 6.92 Å². The summed E-state index contributed by atoms with van der Waals surface area (Å²) in [7, 11) is 0. The molecule has 0 fully saturated rings. The summed E-state index contributed by atoms with van der Waals surface area (Å²) in [6, 6.07) is 1.87. The zero-order chi connectivity index (χ0) is 9.36. The first-order chi connectivity index (χ1) is 6.43. The Labute approximate surface area is 78.8 Å². The maximum absolute atomic E-state index is 4.05. The lowest BCUT2D eigenvalue weighted by Crippen LogP contribution is -2.17. The SMILES string of the molecule is CCNCCCNc1ccncn1. The Bertz CT molecular complexity index is 212. The molecular weight excluding hydrogens is 164 g/mol. The van der Waals surface area contributed by atoms with Crippen molar-refractivity contribution in [3.05, 3.63) is 18.6 Å². The Morgan fingerprint density at radius 2 is 2.31 bits per heavy atom. The van der Waals surface area contributed by atoms with Crippen molar-refractivity contribution in [3.63, 3.8) is 0 Å². The molecule has 0 atom stereocenters. The van der Waals surface area contributed by atoms with Crippen LogP contribution < -0.4 is 10.6 Å². The van der Waals surface area contributed by atoms with E-state index in [-0.39, 0.29) is 0 Å². The molecule has 0 aliphatic carbocycles. The van der Waals surface area contributed by atoms with Crippen LogP contribution in [0.4, 0.5) is 5.82 Å². The number of rotatable bonds is 6. The van der Waals surface area contributed by atoms with Gasteiger partial charge in [-0.15, -0.1) is 0 Å². The van der Waals surface area contributed by atoms with E-state index >= 15 is 0 Å². The molecule has 0 amide bonds. The molecule has 1 aromatic heterocycles. The molecule has 0 saturated carbocycles. The third kappa shape index (κ3) is 4.42. The molecule has 72 valence electrons. The van der Waals surface area contributed by atoms with Crippen molar-refractivity contribution in [1.82, 2.24) is 15.3 Å². The molecule has 1 heterocycles. The molecule has 0 spiro atoms. The Balaban J connectivity index is 2.07. The van der Waals surface area contributed by atoms with Crippen LogP contribution in [0, 0.1) is 0 Å². The first-order valence-corrected chi connectivity index (χ1v) is 4.64. The van der Waals surface area contributed by atoms with E-state index in [1.807, 2.05) is 6.07 Å². The average molecular weight is 180 g/mol. The van der Waals surface area contributed by atoms with Crippen molar-refractivity contribution in [2.45, 2.75) is 13.3 Å². The Morgan fingerprint density at radius 1 is 1.38 bits per heavy atom. The second-order valence-corrected chi connectivity index (χ2v) is 2.73. The largest absolute Gasteiger partial charge is 0.370 e. The molecule has 4 heteroatoms. The van der Waals surface area contributed by atoms with Crippen LogP contribution in [0.15, 0.2) is 18.6 Å². The van der Waals surface area contributed by atoms with Crippen LogP contribution in [0.2, 0.25) is 0 Å². The van der Waals surface area contributed by atoms with Gasteiger partial charge in [-0.3, -0.25) is 0 Å². The fourth-order valence-electron chi connectivity index (χ4n) is 1.00. The van der Waals surface area contributed by atoms with E-state index in [1.165, 1.54) is 0 Å². The molecule has 0 radical (unpaired) electrons. The summed E-state index contributed by atoms with van der Waals surface area (Å²) < 4.78 is 0. The van der Waals surface area contributed by atoms with Crippen LogP contribution in [0.5, 0.6) is 0 Å². The van der Waals surface area contributed by atoms with E-state index in [1.54, 1.807) is 12.5 Å². The van der Waals surface area contributed by atoms with Crippen molar-refractivity contribution in [3.8, 4) is 0 Å². The average Bonchev–Trinajstić information content (AvgIpc) is 2.19. The van der Waals surface area contributed by atoms with Gasteiger partial charge in [0.05, 0.1) is 0 Å². The summed E-state index contributed by atoms with van der Waals surface area (Å²) in [5.74, 6) is 0.895.